The van der Waals surface area contributed by atoms with Crippen LogP contribution in [0.4, 0.5) is 0 Å². The van der Waals surface area contributed by atoms with Crippen molar-refractivity contribution in [1.29, 1.82) is 0 Å². The molecule has 5 heteroatoms. The van der Waals surface area contributed by atoms with E-state index in [-0.39, 0.29) is 17.5 Å². The van der Waals surface area contributed by atoms with Gasteiger partial charge in [-0.3, -0.25) is 4.79 Å². The van der Waals surface area contributed by atoms with E-state index in [0.717, 1.165) is 30.5 Å². The molecule has 126 valence electrons. The number of amides is 1. The number of aromatic nitrogens is 1. The van der Waals surface area contributed by atoms with Crippen LogP contribution >= 0.6 is 0 Å². The number of hydrogen-bond acceptors (Lipinski definition) is 2. The van der Waals surface area contributed by atoms with Crippen molar-refractivity contribution in [2.24, 2.45) is 0 Å². The van der Waals surface area contributed by atoms with Gasteiger partial charge in [-0.25, -0.2) is 4.79 Å². The van der Waals surface area contributed by atoms with Crippen LogP contribution in [-0.2, 0) is 13.0 Å². The summed E-state index contributed by atoms with van der Waals surface area (Å²) in [6, 6.07) is 11.3. The summed E-state index contributed by atoms with van der Waals surface area (Å²) < 4.78 is 1.88. The number of carbonyl (C=O) groups excluding carboxylic acids is 1. The lowest BCUT2D eigenvalue weighted by Crippen LogP contribution is -2.30. The van der Waals surface area contributed by atoms with Gasteiger partial charge in [0.25, 0.3) is 5.91 Å². The molecule has 0 bridgehead atoms. The van der Waals surface area contributed by atoms with E-state index in [4.69, 9.17) is 0 Å². The Morgan fingerprint density at radius 3 is 2.67 bits per heavy atom. The molecular weight excluding hydrogens is 304 g/mol. The molecule has 0 fully saturated rings. The van der Waals surface area contributed by atoms with Gasteiger partial charge in [-0.05, 0) is 37.3 Å². The molecule has 24 heavy (non-hydrogen) atoms. The third-order valence-electron chi connectivity index (χ3n) is 4.63. The first-order valence-corrected chi connectivity index (χ1v) is 8.43. The minimum absolute atomic E-state index is 0.0817. The Hall–Kier alpha value is -2.56. The maximum atomic E-state index is 12.8. The first-order chi connectivity index (χ1) is 11.6. The third-order valence-corrected chi connectivity index (χ3v) is 4.63. The summed E-state index contributed by atoms with van der Waals surface area (Å²) >= 11 is 0. The zero-order valence-corrected chi connectivity index (χ0v) is 13.8. The zero-order chi connectivity index (χ0) is 17.1. The first-order valence-electron chi connectivity index (χ1n) is 8.43. The summed E-state index contributed by atoms with van der Waals surface area (Å²) in [6.45, 7) is 2.72. The highest BCUT2D eigenvalue weighted by molar-refractivity contribution is 5.98. The number of nitrogens with zero attached hydrogens (tertiary/aromatic N) is 1. The van der Waals surface area contributed by atoms with Crippen LogP contribution in [0.15, 0.2) is 36.4 Å². The van der Waals surface area contributed by atoms with E-state index < -0.39 is 5.97 Å². The second-order valence-electron chi connectivity index (χ2n) is 6.15. The van der Waals surface area contributed by atoms with Crippen molar-refractivity contribution in [2.75, 3.05) is 0 Å². The fraction of sp³-hybridized carbons (Fsp3) is 0.368. The van der Waals surface area contributed by atoms with Crippen LogP contribution < -0.4 is 5.32 Å². The van der Waals surface area contributed by atoms with Gasteiger partial charge in [0.05, 0.1) is 11.6 Å². The van der Waals surface area contributed by atoms with E-state index in [2.05, 4.69) is 5.32 Å². The molecule has 1 amide bonds. The fourth-order valence-electron chi connectivity index (χ4n) is 3.39. The second kappa shape index (κ2) is 6.91. The van der Waals surface area contributed by atoms with E-state index in [1.54, 1.807) is 0 Å². The van der Waals surface area contributed by atoms with Crippen LogP contribution in [0.5, 0.6) is 0 Å². The minimum atomic E-state index is -0.963. The topological polar surface area (TPSA) is 71.3 Å². The number of rotatable bonds is 5. The van der Waals surface area contributed by atoms with Crippen LogP contribution in [-0.4, -0.2) is 21.6 Å². The Morgan fingerprint density at radius 1 is 1.25 bits per heavy atom. The van der Waals surface area contributed by atoms with Crippen molar-refractivity contribution in [3.63, 3.8) is 0 Å². The Bertz CT molecular complexity index is 749. The van der Waals surface area contributed by atoms with Gasteiger partial charge in [0.2, 0.25) is 0 Å². The van der Waals surface area contributed by atoms with Gasteiger partial charge in [-0.2, -0.15) is 0 Å². The molecule has 2 heterocycles. The zero-order valence-electron chi connectivity index (χ0n) is 13.8. The largest absolute Gasteiger partial charge is 0.478 e. The number of fused-ring (bicyclic) bond motifs is 1. The van der Waals surface area contributed by atoms with Gasteiger partial charge in [0, 0.05) is 12.2 Å². The van der Waals surface area contributed by atoms with Gasteiger partial charge in [-0.1, -0.05) is 37.3 Å². The van der Waals surface area contributed by atoms with Crippen molar-refractivity contribution in [2.45, 2.75) is 45.2 Å². The molecule has 0 spiro atoms. The van der Waals surface area contributed by atoms with Gasteiger partial charge in [0.1, 0.15) is 5.69 Å². The van der Waals surface area contributed by atoms with Crippen LogP contribution in [0.2, 0.25) is 0 Å². The standard InChI is InChI=1S/C19H22N2O3/c1-2-15(13-8-4-3-5-9-13)20-18(22)17-12-14(19(23)24)16-10-6-7-11-21(16)17/h3-5,8-9,12,15H,2,6-7,10-11H2,1H3,(H,20,22)(H,23,24)/t15-/m1/s1. The molecule has 1 atom stereocenters. The van der Waals surface area contributed by atoms with Crippen molar-refractivity contribution in [1.82, 2.24) is 9.88 Å². The Labute approximate surface area is 141 Å². The quantitative estimate of drug-likeness (QED) is 0.884. The van der Waals surface area contributed by atoms with Crippen molar-refractivity contribution >= 4 is 11.9 Å². The Balaban J connectivity index is 1.88. The summed E-state index contributed by atoms with van der Waals surface area (Å²) in [7, 11) is 0. The number of carboxylic acid groups (broad SMARTS) is 1. The van der Waals surface area contributed by atoms with Gasteiger partial charge < -0.3 is 15.0 Å². The van der Waals surface area contributed by atoms with Crippen LogP contribution in [0.25, 0.3) is 0 Å². The molecule has 0 aliphatic carbocycles. The second-order valence-corrected chi connectivity index (χ2v) is 6.15. The fourth-order valence-corrected chi connectivity index (χ4v) is 3.39. The number of benzene rings is 1. The van der Waals surface area contributed by atoms with Gasteiger partial charge in [0.15, 0.2) is 0 Å². The summed E-state index contributed by atoms with van der Waals surface area (Å²) in [4.78, 5) is 24.2. The highest BCUT2D eigenvalue weighted by Gasteiger charge is 2.26. The molecule has 1 aliphatic heterocycles. The van der Waals surface area contributed by atoms with E-state index >= 15 is 0 Å². The van der Waals surface area contributed by atoms with E-state index in [1.807, 2.05) is 41.8 Å². The van der Waals surface area contributed by atoms with E-state index in [9.17, 15) is 14.7 Å². The molecule has 0 saturated carbocycles. The predicted molar refractivity (Wildman–Crippen MR) is 91.3 cm³/mol. The SMILES string of the molecule is CC[C@@H](NC(=O)c1cc(C(=O)O)c2n1CCCC2)c1ccccc1. The molecule has 2 N–H and O–H groups in total. The summed E-state index contributed by atoms with van der Waals surface area (Å²) in [5.74, 6) is -1.17. The van der Waals surface area contributed by atoms with Gasteiger partial charge in [-0.15, -0.1) is 0 Å². The van der Waals surface area contributed by atoms with Crippen LogP contribution in [0.1, 0.15) is 64.3 Å². The molecule has 1 aliphatic rings. The molecule has 2 aromatic rings. The van der Waals surface area contributed by atoms with Crippen LogP contribution in [0, 0.1) is 0 Å². The Kier molecular flexibility index (Phi) is 4.69. The monoisotopic (exact) mass is 326 g/mol. The molecule has 0 saturated heterocycles. The summed E-state index contributed by atoms with van der Waals surface area (Å²) in [5, 5.41) is 12.4. The molecule has 0 radical (unpaired) electrons. The van der Waals surface area contributed by atoms with Crippen molar-refractivity contribution in [3.05, 3.63) is 58.9 Å². The number of aromatic carboxylic acids is 1. The normalized spacial score (nSPS) is 14.7. The van der Waals surface area contributed by atoms with Crippen molar-refractivity contribution in [3.8, 4) is 0 Å². The minimum Gasteiger partial charge on any atom is -0.478 e. The maximum absolute atomic E-state index is 12.8. The summed E-state index contributed by atoms with van der Waals surface area (Å²) in [6.07, 6.45) is 3.42. The molecule has 3 rings (SSSR count). The number of carbonyl (C=O) groups is 2. The first kappa shape index (κ1) is 16.3. The summed E-state index contributed by atoms with van der Waals surface area (Å²) in [5.41, 5.74) is 2.54. The predicted octanol–water partition coefficient (Wildman–Crippen LogP) is 3.40. The lowest BCUT2D eigenvalue weighted by atomic mass is 10.0. The molecule has 0 unspecified atom stereocenters. The Morgan fingerprint density at radius 2 is 2.00 bits per heavy atom. The van der Waals surface area contributed by atoms with Crippen molar-refractivity contribution < 1.29 is 14.7 Å². The maximum Gasteiger partial charge on any atom is 0.337 e. The van der Waals surface area contributed by atoms with Crippen LogP contribution in [0.3, 0.4) is 0 Å². The highest BCUT2D eigenvalue weighted by atomic mass is 16.4. The average molecular weight is 326 g/mol. The van der Waals surface area contributed by atoms with E-state index in [0.29, 0.717) is 18.7 Å². The molecule has 1 aromatic carbocycles. The number of nitrogens with one attached hydrogen (secondary N) is 1. The average Bonchev–Trinajstić information content (AvgIpc) is 3.00. The van der Waals surface area contributed by atoms with Gasteiger partial charge >= 0.3 is 5.97 Å². The molecule has 1 aromatic heterocycles. The molecular formula is C19H22N2O3. The number of carboxylic acids is 1. The lowest BCUT2D eigenvalue weighted by molar-refractivity contribution is 0.0695. The third kappa shape index (κ3) is 3.07. The smallest absolute Gasteiger partial charge is 0.337 e. The molecule has 5 nitrogen and oxygen atoms in total. The number of hydrogen-bond donors (Lipinski definition) is 2. The van der Waals surface area contributed by atoms with E-state index in [1.165, 1.54) is 6.07 Å². The lowest BCUT2D eigenvalue weighted by Gasteiger charge is -2.21. The highest BCUT2D eigenvalue weighted by Crippen LogP contribution is 2.25.